The minimum atomic E-state index is -0.619. The predicted octanol–water partition coefficient (Wildman–Crippen LogP) is 0.306. The maximum absolute atomic E-state index is 13.5. The fraction of sp³-hybridized carbons (Fsp3) is 0.200. The van der Waals surface area contributed by atoms with E-state index < -0.39 is 6.10 Å². The van der Waals surface area contributed by atoms with Gasteiger partial charge < -0.3 is 22.8 Å². The van der Waals surface area contributed by atoms with Crippen molar-refractivity contribution in [2.45, 2.75) is 12.6 Å². The summed E-state index contributed by atoms with van der Waals surface area (Å²) in [6.45, 7) is 0.629. The number of aliphatic hydroxyl groups excluding tert-OH is 1. The molecule has 108 valence electrons. The van der Waals surface area contributed by atoms with Gasteiger partial charge in [0.25, 0.3) is 0 Å². The third-order valence-electron chi connectivity index (χ3n) is 2.89. The van der Waals surface area contributed by atoms with Crippen LogP contribution < -0.4 is 17.7 Å². The minimum absolute atomic E-state index is 0. The summed E-state index contributed by atoms with van der Waals surface area (Å²) < 4.78 is 13.5. The summed E-state index contributed by atoms with van der Waals surface area (Å²) in [6.07, 6.45) is -0.619. The summed E-state index contributed by atoms with van der Waals surface area (Å²) in [5, 5.41) is 13.3. The lowest BCUT2D eigenvalue weighted by atomic mass is 10.1. The molecule has 0 aliphatic heterocycles. The highest BCUT2D eigenvalue weighted by Crippen LogP contribution is 2.19. The molecular weight excluding hydrogens is 300 g/mol. The molecular formula is C15H15Cl2FNO-. The number of rotatable bonds is 5. The van der Waals surface area contributed by atoms with Crippen LogP contribution in [-0.2, 0) is 6.54 Å². The monoisotopic (exact) mass is 314 g/mol. The van der Waals surface area contributed by atoms with Gasteiger partial charge in [-0.25, -0.2) is 4.39 Å². The van der Waals surface area contributed by atoms with Gasteiger partial charge in [-0.3, -0.25) is 0 Å². The second kappa shape index (κ2) is 8.22. The topological polar surface area (TPSA) is 32.3 Å². The van der Waals surface area contributed by atoms with Gasteiger partial charge in [0.05, 0.1) is 6.10 Å². The summed E-state index contributed by atoms with van der Waals surface area (Å²) in [7, 11) is 0. The Morgan fingerprint density at radius 1 is 1.10 bits per heavy atom. The van der Waals surface area contributed by atoms with Crippen molar-refractivity contribution in [3.05, 3.63) is 70.5 Å². The van der Waals surface area contributed by atoms with Gasteiger partial charge in [-0.2, -0.15) is 0 Å². The number of halogens is 3. The standard InChI is InChI=1S/C15H15ClFNO.ClH/c16-13-7-4-8-14(17)12(13)9-18-10-15(19)11-5-2-1-3-6-11;/h1-8,15,18-19H,9-10H2;1H/p-1. The first kappa shape index (κ1) is 16.9. The average molecular weight is 315 g/mol. The van der Waals surface area contributed by atoms with Crippen molar-refractivity contribution >= 4 is 11.6 Å². The SMILES string of the molecule is OC(CNCc1c(F)cccc1Cl)c1ccccc1.[Cl-]. The molecule has 0 aromatic heterocycles. The molecule has 0 bridgehead atoms. The van der Waals surface area contributed by atoms with E-state index in [1.165, 1.54) is 6.07 Å². The minimum Gasteiger partial charge on any atom is -1.00 e. The number of hydrogen-bond donors (Lipinski definition) is 2. The van der Waals surface area contributed by atoms with Crippen LogP contribution in [0.1, 0.15) is 17.2 Å². The summed E-state index contributed by atoms with van der Waals surface area (Å²) in [6, 6.07) is 13.9. The average Bonchev–Trinajstić information content (AvgIpc) is 2.43. The lowest BCUT2D eigenvalue weighted by Crippen LogP contribution is -3.00. The third-order valence-corrected chi connectivity index (χ3v) is 3.24. The Hall–Kier alpha value is -1.13. The Labute approximate surface area is 129 Å². The van der Waals surface area contributed by atoms with Gasteiger partial charge in [0.15, 0.2) is 0 Å². The molecule has 0 saturated carbocycles. The normalized spacial score (nSPS) is 11.8. The molecule has 0 radical (unpaired) electrons. The highest BCUT2D eigenvalue weighted by atomic mass is 35.5. The van der Waals surface area contributed by atoms with Gasteiger partial charge in [-0.15, -0.1) is 0 Å². The molecule has 0 saturated heterocycles. The maximum atomic E-state index is 13.5. The van der Waals surface area contributed by atoms with Crippen LogP contribution in [0.15, 0.2) is 48.5 Å². The fourth-order valence-corrected chi connectivity index (χ4v) is 2.06. The molecule has 0 aliphatic carbocycles. The van der Waals surface area contributed by atoms with Crippen LogP contribution in [-0.4, -0.2) is 11.7 Å². The van der Waals surface area contributed by atoms with Gasteiger partial charge in [0.2, 0.25) is 0 Å². The molecule has 1 unspecified atom stereocenters. The van der Waals surface area contributed by atoms with E-state index in [1.807, 2.05) is 30.3 Å². The van der Waals surface area contributed by atoms with E-state index >= 15 is 0 Å². The van der Waals surface area contributed by atoms with Crippen LogP contribution in [0.5, 0.6) is 0 Å². The Morgan fingerprint density at radius 2 is 1.80 bits per heavy atom. The molecule has 0 heterocycles. The smallest absolute Gasteiger partial charge is 0.129 e. The van der Waals surface area contributed by atoms with Crippen molar-refractivity contribution in [2.75, 3.05) is 6.54 Å². The number of benzene rings is 2. The summed E-state index contributed by atoms with van der Waals surface area (Å²) in [4.78, 5) is 0. The van der Waals surface area contributed by atoms with E-state index in [4.69, 9.17) is 11.6 Å². The van der Waals surface area contributed by atoms with Crippen molar-refractivity contribution in [3.8, 4) is 0 Å². The molecule has 2 rings (SSSR count). The molecule has 2 aromatic carbocycles. The van der Waals surface area contributed by atoms with Crippen molar-refractivity contribution in [2.24, 2.45) is 0 Å². The molecule has 5 heteroatoms. The van der Waals surface area contributed by atoms with Crippen LogP contribution in [0, 0.1) is 5.82 Å². The summed E-state index contributed by atoms with van der Waals surface area (Å²) in [5.74, 6) is -0.339. The highest BCUT2D eigenvalue weighted by molar-refractivity contribution is 6.31. The first-order chi connectivity index (χ1) is 9.18. The molecule has 20 heavy (non-hydrogen) atoms. The Kier molecular flexibility index (Phi) is 6.96. The largest absolute Gasteiger partial charge is 1.00 e. The first-order valence-electron chi connectivity index (χ1n) is 6.05. The molecule has 0 amide bonds. The lowest BCUT2D eigenvalue weighted by Gasteiger charge is -2.13. The zero-order valence-corrected chi connectivity index (χ0v) is 12.2. The third kappa shape index (κ3) is 4.46. The van der Waals surface area contributed by atoms with Gasteiger partial charge in [-0.1, -0.05) is 48.0 Å². The van der Waals surface area contributed by atoms with E-state index in [1.54, 1.807) is 12.1 Å². The number of nitrogens with one attached hydrogen (secondary N) is 1. The first-order valence-corrected chi connectivity index (χ1v) is 6.43. The van der Waals surface area contributed by atoms with Crippen LogP contribution in [0.2, 0.25) is 5.02 Å². The number of aliphatic hydroxyl groups is 1. The summed E-state index contributed by atoms with van der Waals surface area (Å²) in [5.41, 5.74) is 1.25. The van der Waals surface area contributed by atoms with E-state index in [0.717, 1.165) is 5.56 Å². The zero-order chi connectivity index (χ0) is 13.7. The zero-order valence-electron chi connectivity index (χ0n) is 10.7. The van der Waals surface area contributed by atoms with Crippen molar-refractivity contribution in [3.63, 3.8) is 0 Å². The van der Waals surface area contributed by atoms with E-state index in [9.17, 15) is 9.50 Å². The van der Waals surface area contributed by atoms with Crippen LogP contribution in [0.4, 0.5) is 4.39 Å². The molecule has 0 fully saturated rings. The molecule has 1 atom stereocenters. The maximum Gasteiger partial charge on any atom is 0.129 e. The Morgan fingerprint density at radius 3 is 2.45 bits per heavy atom. The van der Waals surface area contributed by atoms with Crippen LogP contribution in [0.3, 0.4) is 0 Å². The molecule has 2 N–H and O–H groups in total. The molecule has 2 nitrogen and oxygen atoms in total. The van der Waals surface area contributed by atoms with E-state index in [2.05, 4.69) is 5.32 Å². The number of hydrogen-bond acceptors (Lipinski definition) is 2. The van der Waals surface area contributed by atoms with Crippen molar-refractivity contribution in [1.29, 1.82) is 0 Å². The van der Waals surface area contributed by atoms with E-state index in [0.29, 0.717) is 17.1 Å². The quantitative estimate of drug-likeness (QED) is 0.832. The molecule has 2 aromatic rings. The van der Waals surface area contributed by atoms with Crippen molar-refractivity contribution in [1.82, 2.24) is 5.32 Å². The van der Waals surface area contributed by atoms with Crippen molar-refractivity contribution < 1.29 is 21.9 Å². The molecule has 0 spiro atoms. The highest BCUT2D eigenvalue weighted by Gasteiger charge is 2.09. The summed E-state index contributed by atoms with van der Waals surface area (Å²) >= 11 is 5.92. The van der Waals surface area contributed by atoms with Gasteiger partial charge in [-0.05, 0) is 17.7 Å². The van der Waals surface area contributed by atoms with Gasteiger partial charge in [0.1, 0.15) is 5.82 Å². The van der Waals surface area contributed by atoms with Crippen LogP contribution >= 0.6 is 11.6 Å². The molecule has 0 aliphatic rings. The van der Waals surface area contributed by atoms with Gasteiger partial charge >= 0.3 is 0 Å². The van der Waals surface area contributed by atoms with E-state index in [-0.39, 0.29) is 24.8 Å². The lowest BCUT2D eigenvalue weighted by molar-refractivity contribution is -0.00000599. The fourth-order valence-electron chi connectivity index (χ4n) is 1.83. The Balaban J connectivity index is 0.00000200. The Bertz CT molecular complexity index is 516. The second-order valence-electron chi connectivity index (χ2n) is 4.26. The van der Waals surface area contributed by atoms with Gasteiger partial charge in [0, 0.05) is 23.7 Å². The second-order valence-corrected chi connectivity index (χ2v) is 4.66. The van der Waals surface area contributed by atoms with Crippen LogP contribution in [0.25, 0.3) is 0 Å². The predicted molar refractivity (Wildman–Crippen MR) is 74.5 cm³/mol.